The van der Waals surface area contributed by atoms with Gasteiger partial charge in [0.1, 0.15) is 23.9 Å². The first-order valence-corrected chi connectivity index (χ1v) is 21.6. The minimum atomic E-state index is -1.05. The normalized spacial score (nSPS) is 18.5. The van der Waals surface area contributed by atoms with Gasteiger partial charge >= 0.3 is 5.97 Å². The largest absolute Gasteiger partial charge is 0.481 e. The Morgan fingerprint density at radius 3 is 2.00 bits per heavy atom. The highest BCUT2D eigenvalue weighted by Crippen LogP contribution is 2.31. The molecule has 2 rings (SSSR count). The summed E-state index contributed by atoms with van der Waals surface area (Å²) in [4.78, 5) is 98.3. The van der Waals surface area contributed by atoms with Gasteiger partial charge in [-0.05, 0) is 49.5 Å². The SMILES string of the molecule is CC[C@H](C)[C@@H]([C@@H](CC(=O)N1CCC[C@H]1[C@H](OC)[C@@H](C)C(=O)C[C@@H](Cc1ccccc1)C(=O)O)OC)N(C)C(=O)[C@@H](NC(=O)[C@H](C(C)C)N(C)C(=O)[C@@H](C)NC(=O)CN)C(C)C. The zero-order valence-corrected chi connectivity index (χ0v) is 38.5. The Labute approximate surface area is 363 Å². The third kappa shape index (κ3) is 14.3. The molecule has 5 N–H and O–H groups in total. The maximum absolute atomic E-state index is 14.5. The quantitative estimate of drug-likeness (QED) is 0.112. The number of hydrogen-bond acceptors (Lipinski definition) is 10. The molecule has 1 aromatic carbocycles. The van der Waals surface area contributed by atoms with Crippen LogP contribution in [-0.4, -0.2) is 145 Å². The Hall–Kier alpha value is -4.41. The molecule has 1 heterocycles. The molecule has 1 saturated heterocycles. The highest BCUT2D eigenvalue weighted by Gasteiger charge is 2.44. The fourth-order valence-corrected chi connectivity index (χ4v) is 8.62. The predicted octanol–water partition coefficient (Wildman–Crippen LogP) is 2.90. The van der Waals surface area contributed by atoms with Gasteiger partial charge in [0, 0.05) is 47.2 Å². The molecule has 16 nitrogen and oxygen atoms in total. The number of nitrogens with zero attached hydrogens (tertiary/aromatic N) is 3. The Kier molecular flexibility index (Phi) is 21.5. The molecule has 5 amide bonds. The second-order valence-corrected chi connectivity index (χ2v) is 17.3. The van der Waals surface area contributed by atoms with E-state index in [2.05, 4.69) is 10.6 Å². The number of carboxylic acids is 1. The molecule has 344 valence electrons. The highest BCUT2D eigenvalue weighted by atomic mass is 16.5. The summed E-state index contributed by atoms with van der Waals surface area (Å²) in [5, 5.41) is 15.4. The van der Waals surface area contributed by atoms with Crippen molar-refractivity contribution in [3.8, 4) is 0 Å². The third-order valence-corrected chi connectivity index (χ3v) is 12.3. The topological polar surface area (TPSA) is 218 Å². The molecule has 10 atom stereocenters. The van der Waals surface area contributed by atoms with Crippen molar-refractivity contribution in [3.05, 3.63) is 35.9 Å². The van der Waals surface area contributed by atoms with Gasteiger partial charge in [0.25, 0.3) is 0 Å². The van der Waals surface area contributed by atoms with Crippen molar-refractivity contribution in [3.63, 3.8) is 0 Å². The highest BCUT2D eigenvalue weighted by molar-refractivity contribution is 5.94. The Morgan fingerprint density at radius 1 is 0.869 bits per heavy atom. The average Bonchev–Trinajstić information content (AvgIpc) is 3.71. The first-order valence-electron chi connectivity index (χ1n) is 21.6. The van der Waals surface area contributed by atoms with Gasteiger partial charge in [-0.25, -0.2) is 0 Å². The number of nitrogens with one attached hydrogen (secondary N) is 2. The van der Waals surface area contributed by atoms with Gasteiger partial charge < -0.3 is 45.6 Å². The van der Waals surface area contributed by atoms with Gasteiger partial charge in [0.05, 0.1) is 43.2 Å². The van der Waals surface area contributed by atoms with Crippen LogP contribution >= 0.6 is 0 Å². The van der Waals surface area contributed by atoms with Crippen LogP contribution in [0.25, 0.3) is 0 Å². The monoisotopic (exact) mass is 859 g/mol. The number of carboxylic acid groups (broad SMARTS) is 1. The first kappa shape index (κ1) is 52.7. The van der Waals surface area contributed by atoms with E-state index in [9.17, 15) is 38.7 Å². The zero-order chi connectivity index (χ0) is 46.3. The van der Waals surface area contributed by atoms with Crippen LogP contribution < -0.4 is 16.4 Å². The molecule has 1 aliphatic heterocycles. The summed E-state index contributed by atoms with van der Waals surface area (Å²) >= 11 is 0. The fraction of sp³-hybridized carbons (Fsp3) is 0.711. The molecule has 0 aliphatic carbocycles. The van der Waals surface area contributed by atoms with Crippen molar-refractivity contribution >= 4 is 41.3 Å². The van der Waals surface area contributed by atoms with E-state index in [1.165, 1.54) is 33.1 Å². The lowest BCUT2D eigenvalue weighted by atomic mass is 9.85. The van der Waals surface area contributed by atoms with Gasteiger partial charge in [0.2, 0.25) is 29.5 Å². The number of amides is 5. The molecule has 0 spiro atoms. The van der Waals surface area contributed by atoms with E-state index in [0.29, 0.717) is 25.8 Å². The van der Waals surface area contributed by atoms with Crippen molar-refractivity contribution in [2.45, 2.75) is 136 Å². The summed E-state index contributed by atoms with van der Waals surface area (Å²) in [6.07, 6.45) is 0.475. The van der Waals surface area contributed by atoms with Crippen LogP contribution in [0, 0.1) is 29.6 Å². The number of benzene rings is 1. The van der Waals surface area contributed by atoms with Crippen molar-refractivity contribution in [1.29, 1.82) is 0 Å². The summed E-state index contributed by atoms with van der Waals surface area (Å²) < 4.78 is 11.9. The van der Waals surface area contributed by atoms with Crippen LogP contribution in [0.3, 0.4) is 0 Å². The number of carbonyl (C=O) groups excluding carboxylic acids is 6. The van der Waals surface area contributed by atoms with E-state index < -0.39 is 77.9 Å². The fourth-order valence-electron chi connectivity index (χ4n) is 8.62. The standard InChI is InChI=1S/C45H74N6O10/c1-13-28(6)40(50(10)44(57)38(26(2)3)48-42(55)39(27(4)5)49(9)43(56)30(8)47-36(53)25-46)35(60-11)24-37(54)51-21-17-20-33(51)41(61-12)29(7)34(52)23-32(45(58)59)22-31-18-15-14-16-19-31/h14-16,18-19,26-30,32-33,35,38-41H,13,17,20-25,46H2,1-12H3,(H,47,53)(H,48,55)(H,58,59)/t28-,29-,30+,32+,33-,35+,38-,39-,40-,41+/m0/s1. The number of hydrogen-bond donors (Lipinski definition) is 4. The molecule has 1 fully saturated rings. The Balaban J connectivity index is 2.30. The van der Waals surface area contributed by atoms with Crippen LogP contribution in [0.4, 0.5) is 0 Å². The number of likely N-dealkylation sites (tertiary alicyclic amines) is 1. The van der Waals surface area contributed by atoms with E-state index in [4.69, 9.17) is 15.2 Å². The second kappa shape index (κ2) is 24.9. The molecule has 0 saturated carbocycles. The lowest BCUT2D eigenvalue weighted by molar-refractivity contribution is -0.149. The van der Waals surface area contributed by atoms with Crippen LogP contribution in [0.1, 0.15) is 93.1 Å². The molecule has 0 bridgehead atoms. The minimum Gasteiger partial charge on any atom is -0.481 e. The number of carbonyl (C=O) groups is 7. The summed E-state index contributed by atoms with van der Waals surface area (Å²) in [5.74, 6) is -5.89. The molecular formula is C45H74N6O10. The average molecular weight is 859 g/mol. The maximum Gasteiger partial charge on any atom is 0.307 e. The molecule has 61 heavy (non-hydrogen) atoms. The predicted molar refractivity (Wildman–Crippen MR) is 232 cm³/mol. The maximum atomic E-state index is 14.5. The van der Waals surface area contributed by atoms with Gasteiger partial charge in [-0.3, -0.25) is 33.6 Å². The van der Waals surface area contributed by atoms with E-state index in [0.717, 1.165) is 5.56 Å². The molecule has 16 heteroatoms. The number of nitrogens with two attached hydrogens (primary N) is 1. The van der Waals surface area contributed by atoms with Gasteiger partial charge in [0.15, 0.2) is 0 Å². The van der Waals surface area contributed by atoms with E-state index in [1.54, 1.807) is 37.6 Å². The molecule has 1 aromatic rings. The number of likely N-dealkylation sites (N-methyl/N-ethyl adjacent to an activating group) is 2. The summed E-state index contributed by atoms with van der Waals surface area (Å²) in [5.41, 5.74) is 6.23. The number of rotatable bonds is 25. The first-order chi connectivity index (χ1) is 28.7. The molecule has 0 aromatic heterocycles. The number of methoxy groups -OCH3 is 2. The van der Waals surface area contributed by atoms with Crippen molar-refractivity contribution in [2.75, 3.05) is 41.4 Å². The van der Waals surface area contributed by atoms with Crippen molar-refractivity contribution in [1.82, 2.24) is 25.3 Å². The number of aliphatic carboxylic acids is 1. The molecular weight excluding hydrogens is 785 g/mol. The minimum absolute atomic E-state index is 0.0730. The van der Waals surface area contributed by atoms with Crippen molar-refractivity contribution in [2.24, 2.45) is 35.3 Å². The second-order valence-electron chi connectivity index (χ2n) is 17.3. The Bertz CT molecular complexity index is 1630. The number of Topliss-reactive ketones (excluding diaryl/α,β-unsaturated/α-hetero) is 1. The number of ketones is 1. The van der Waals surface area contributed by atoms with Crippen LogP contribution in [-0.2, 0) is 49.5 Å². The van der Waals surface area contributed by atoms with Crippen LogP contribution in [0.15, 0.2) is 30.3 Å². The molecule has 0 unspecified atom stereocenters. The lowest BCUT2D eigenvalue weighted by Gasteiger charge is -2.41. The van der Waals surface area contributed by atoms with Crippen molar-refractivity contribution < 1.29 is 48.1 Å². The van der Waals surface area contributed by atoms with Gasteiger partial charge in [-0.1, -0.05) is 85.2 Å². The third-order valence-electron chi connectivity index (χ3n) is 12.3. The number of ether oxygens (including phenoxy) is 2. The van der Waals surface area contributed by atoms with Crippen LogP contribution in [0.2, 0.25) is 0 Å². The smallest absolute Gasteiger partial charge is 0.307 e. The van der Waals surface area contributed by atoms with Gasteiger partial charge in [-0.15, -0.1) is 0 Å². The molecule has 0 radical (unpaired) electrons. The van der Waals surface area contributed by atoms with E-state index in [1.807, 2.05) is 58.0 Å². The molecule has 1 aliphatic rings. The summed E-state index contributed by atoms with van der Waals surface area (Å²) in [6.45, 7) is 14.5. The summed E-state index contributed by atoms with van der Waals surface area (Å²) in [6, 6.07) is 5.27. The summed E-state index contributed by atoms with van der Waals surface area (Å²) in [7, 11) is 6.12. The Morgan fingerprint density at radius 2 is 1.49 bits per heavy atom. The van der Waals surface area contributed by atoms with Gasteiger partial charge in [-0.2, -0.15) is 0 Å². The van der Waals surface area contributed by atoms with Crippen LogP contribution in [0.5, 0.6) is 0 Å². The van der Waals surface area contributed by atoms with E-state index in [-0.39, 0.29) is 61.2 Å². The van der Waals surface area contributed by atoms with E-state index >= 15 is 0 Å². The zero-order valence-electron chi connectivity index (χ0n) is 38.5. The lowest BCUT2D eigenvalue weighted by Crippen LogP contribution is -2.61.